The number of hydrogen-bond donors (Lipinski definition) is 0. The van der Waals surface area contributed by atoms with Gasteiger partial charge < -0.3 is 0 Å². The monoisotopic (exact) mass is 292 g/mol. The smallest absolute Gasteiger partial charge is 0.176 e. The van der Waals surface area contributed by atoms with Gasteiger partial charge in [0.15, 0.2) is 5.78 Å². The van der Waals surface area contributed by atoms with Gasteiger partial charge in [0.1, 0.15) is 0 Å². The summed E-state index contributed by atoms with van der Waals surface area (Å²) < 4.78 is 12.0. The number of ketones is 1. The molecule has 1 unspecified atom stereocenters. The third-order valence-corrected chi connectivity index (χ3v) is 5.01. The van der Waals surface area contributed by atoms with Crippen molar-refractivity contribution < 1.29 is 9.00 Å². The lowest BCUT2D eigenvalue weighted by atomic mass is 10.2. The van der Waals surface area contributed by atoms with Gasteiger partial charge in [-0.3, -0.25) is 9.00 Å². The third kappa shape index (κ3) is 3.85. The Hall–Kier alpha value is -1.26. The summed E-state index contributed by atoms with van der Waals surface area (Å²) in [5.41, 5.74) is 1.73. The minimum absolute atomic E-state index is 0.0175. The second-order valence-electron chi connectivity index (χ2n) is 4.46. The molecule has 0 fully saturated rings. The average Bonchev–Trinajstić information content (AvgIpc) is 2.69. The van der Waals surface area contributed by atoms with Crippen molar-refractivity contribution in [2.45, 2.75) is 19.6 Å². The highest BCUT2D eigenvalue weighted by atomic mass is 32.2. The van der Waals surface area contributed by atoms with Crippen molar-refractivity contribution in [1.29, 1.82) is 0 Å². The largest absolute Gasteiger partial charge is 0.293 e. The molecule has 4 heteroatoms. The Morgan fingerprint density at radius 2 is 1.89 bits per heavy atom. The van der Waals surface area contributed by atoms with Gasteiger partial charge in [-0.25, -0.2) is 0 Å². The van der Waals surface area contributed by atoms with Gasteiger partial charge in [-0.15, -0.1) is 11.3 Å². The summed E-state index contributed by atoms with van der Waals surface area (Å²) in [6.07, 6.45) is 0. The number of benzene rings is 1. The first-order valence-corrected chi connectivity index (χ1v) is 8.36. The van der Waals surface area contributed by atoms with E-state index in [2.05, 4.69) is 0 Å². The topological polar surface area (TPSA) is 34.1 Å². The molecule has 0 spiro atoms. The van der Waals surface area contributed by atoms with E-state index in [4.69, 9.17) is 0 Å². The molecule has 0 saturated carbocycles. The Bertz CT molecular complexity index is 600. The molecule has 0 saturated heterocycles. The van der Waals surface area contributed by atoms with Crippen LogP contribution in [-0.4, -0.2) is 15.7 Å². The van der Waals surface area contributed by atoms with Crippen LogP contribution in [0.15, 0.2) is 36.4 Å². The maximum absolute atomic E-state index is 12.1. The van der Waals surface area contributed by atoms with Gasteiger partial charge in [0.05, 0.1) is 5.75 Å². The number of carbonyl (C=O) groups is 1. The van der Waals surface area contributed by atoms with E-state index in [9.17, 15) is 9.00 Å². The molecule has 0 N–H and O–H groups in total. The number of thiophene rings is 1. The van der Waals surface area contributed by atoms with Crippen LogP contribution >= 0.6 is 11.3 Å². The van der Waals surface area contributed by atoms with Crippen molar-refractivity contribution in [3.8, 4) is 0 Å². The Morgan fingerprint density at radius 1 is 1.21 bits per heavy atom. The standard InChI is InChI=1S/C15H16O2S2/c1-11-8-14(12(2)18-11)15(16)10-19(17)9-13-6-4-3-5-7-13/h3-8H,9-10H2,1-2H3. The number of Topliss-reactive ketones (excluding diaryl/α,β-unsaturated/α-hetero) is 1. The molecule has 0 bridgehead atoms. The molecule has 2 nitrogen and oxygen atoms in total. The molecule has 100 valence electrons. The highest BCUT2D eigenvalue weighted by Crippen LogP contribution is 2.21. The van der Waals surface area contributed by atoms with E-state index in [1.54, 1.807) is 11.3 Å². The van der Waals surface area contributed by atoms with Crippen molar-refractivity contribution >= 4 is 27.9 Å². The lowest BCUT2D eigenvalue weighted by molar-refractivity contribution is 0.102. The predicted molar refractivity (Wildman–Crippen MR) is 81.3 cm³/mol. The van der Waals surface area contributed by atoms with Gasteiger partial charge in [0, 0.05) is 31.9 Å². The van der Waals surface area contributed by atoms with E-state index in [1.807, 2.05) is 50.2 Å². The number of carbonyl (C=O) groups excluding carboxylic acids is 1. The fraction of sp³-hybridized carbons (Fsp3) is 0.267. The summed E-state index contributed by atoms with van der Waals surface area (Å²) in [6.45, 7) is 3.92. The number of rotatable bonds is 5. The molecule has 2 rings (SSSR count). The van der Waals surface area contributed by atoms with Gasteiger partial charge in [0.25, 0.3) is 0 Å². The van der Waals surface area contributed by atoms with Crippen molar-refractivity contribution in [1.82, 2.24) is 0 Å². The molecule has 0 aliphatic rings. The maximum atomic E-state index is 12.1. The second-order valence-corrected chi connectivity index (χ2v) is 7.38. The SMILES string of the molecule is Cc1cc(C(=O)CS(=O)Cc2ccccc2)c(C)s1. The lowest BCUT2D eigenvalue weighted by Crippen LogP contribution is -2.12. The van der Waals surface area contributed by atoms with Crippen LogP contribution in [0.3, 0.4) is 0 Å². The highest BCUT2D eigenvalue weighted by molar-refractivity contribution is 7.85. The van der Waals surface area contributed by atoms with Crippen LogP contribution in [0.1, 0.15) is 25.7 Å². The average molecular weight is 292 g/mol. The van der Waals surface area contributed by atoms with Gasteiger partial charge in [-0.05, 0) is 25.5 Å². The summed E-state index contributed by atoms with van der Waals surface area (Å²) in [5, 5.41) is 0. The molecule has 1 heterocycles. The minimum atomic E-state index is -1.15. The highest BCUT2D eigenvalue weighted by Gasteiger charge is 2.15. The fourth-order valence-electron chi connectivity index (χ4n) is 1.94. The summed E-state index contributed by atoms with van der Waals surface area (Å²) in [5.74, 6) is 0.525. The quantitative estimate of drug-likeness (QED) is 0.790. The number of hydrogen-bond acceptors (Lipinski definition) is 3. The Morgan fingerprint density at radius 3 is 2.47 bits per heavy atom. The normalized spacial score (nSPS) is 12.3. The Kier molecular flexibility index (Phi) is 4.66. The van der Waals surface area contributed by atoms with E-state index in [0.29, 0.717) is 5.75 Å². The summed E-state index contributed by atoms with van der Waals surface area (Å²) in [7, 11) is -1.15. The van der Waals surface area contributed by atoms with Crippen molar-refractivity contribution in [3.05, 3.63) is 57.3 Å². The Balaban J connectivity index is 2.00. The van der Waals surface area contributed by atoms with E-state index in [0.717, 1.165) is 20.9 Å². The summed E-state index contributed by atoms with van der Waals surface area (Å²) in [4.78, 5) is 14.2. The lowest BCUT2D eigenvalue weighted by Gasteiger charge is -2.02. The van der Waals surface area contributed by atoms with E-state index in [1.165, 1.54) is 0 Å². The predicted octanol–water partition coefficient (Wildman–Crippen LogP) is 3.50. The number of aryl methyl sites for hydroxylation is 2. The molecule has 1 aromatic heterocycles. The van der Waals surface area contributed by atoms with E-state index < -0.39 is 10.8 Å². The molecule has 0 aliphatic carbocycles. The van der Waals surface area contributed by atoms with Crippen molar-refractivity contribution in [2.24, 2.45) is 0 Å². The van der Waals surface area contributed by atoms with Crippen LogP contribution in [0.25, 0.3) is 0 Å². The van der Waals surface area contributed by atoms with Crippen LogP contribution in [0.4, 0.5) is 0 Å². The Labute approximate surface area is 119 Å². The molecule has 1 atom stereocenters. The molecule has 0 aliphatic heterocycles. The molecule has 2 aromatic rings. The molecular weight excluding hydrogens is 276 g/mol. The first-order valence-electron chi connectivity index (χ1n) is 6.05. The second kappa shape index (κ2) is 6.26. The first-order chi connectivity index (χ1) is 9.06. The van der Waals surface area contributed by atoms with Crippen LogP contribution < -0.4 is 0 Å². The van der Waals surface area contributed by atoms with Crippen LogP contribution in [0.2, 0.25) is 0 Å². The van der Waals surface area contributed by atoms with Gasteiger partial charge in [-0.2, -0.15) is 0 Å². The zero-order valence-corrected chi connectivity index (χ0v) is 12.6. The molecule has 19 heavy (non-hydrogen) atoms. The minimum Gasteiger partial charge on any atom is -0.293 e. The van der Waals surface area contributed by atoms with Gasteiger partial charge in [-0.1, -0.05) is 30.3 Å². The van der Waals surface area contributed by atoms with Crippen LogP contribution in [0.5, 0.6) is 0 Å². The zero-order valence-electron chi connectivity index (χ0n) is 11.0. The summed E-state index contributed by atoms with van der Waals surface area (Å²) in [6, 6.07) is 11.5. The first kappa shape index (κ1) is 14.2. The molecule has 1 aromatic carbocycles. The maximum Gasteiger partial charge on any atom is 0.176 e. The van der Waals surface area contributed by atoms with Gasteiger partial charge >= 0.3 is 0 Å². The van der Waals surface area contributed by atoms with Crippen LogP contribution in [-0.2, 0) is 16.6 Å². The molecular formula is C15H16O2S2. The molecule has 0 radical (unpaired) electrons. The van der Waals surface area contributed by atoms with Crippen LogP contribution in [0, 0.1) is 13.8 Å². The third-order valence-electron chi connectivity index (χ3n) is 2.80. The van der Waals surface area contributed by atoms with Gasteiger partial charge in [0.2, 0.25) is 0 Å². The van der Waals surface area contributed by atoms with Crippen molar-refractivity contribution in [3.63, 3.8) is 0 Å². The summed E-state index contributed by atoms with van der Waals surface area (Å²) >= 11 is 1.61. The molecule has 0 amide bonds. The van der Waals surface area contributed by atoms with E-state index >= 15 is 0 Å². The zero-order chi connectivity index (χ0) is 13.8. The van der Waals surface area contributed by atoms with E-state index in [-0.39, 0.29) is 11.5 Å². The fourth-order valence-corrected chi connectivity index (χ4v) is 4.00. The van der Waals surface area contributed by atoms with Crippen molar-refractivity contribution in [2.75, 3.05) is 5.75 Å².